The summed E-state index contributed by atoms with van der Waals surface area (Å²) in [6.45, 7) is 5.01. The van der Waals surface area contributed by atoms with Crippen LogP contribution in [-0.2, 0) is 0 Å². The van der Waals surface area contributed by atoms with Crippen molar-refractivity contribution in [3.8, 4) is 22.5 Å². The Labute approximate surface area is 191 Å². The van der Waals surface area contributed by atoms with E-state index >= 15 is 0 Å². The Bertz CT molecular complexity index is 1310. The summed E-state index contributed by atoms with van der Waals surface area (Å²) in [6.07, 6.45) is 3.86. The molecule has 0 spiro atoms. The van der Waals surface area contributed by atoms with Gasteiger partial charge in [-0.1, -0.05) is 38.1 Å². The van der Waals surface area contributed by atoms with Gasteiger partial charge in [0.1, 0.15) is 5.82 Å². The van der Waals surface area contributed by atoms with Crippen molar-refractivity contribution in [2.75, 3.05) is 11.9 Å². The topological polar surface area (TPSA) is 71.3 Å². The minimum atomic E-state index is -0.327. The first-order chi connectivity index (χ1) is 16.0. The van der Waals surface area contributed by atoms with Gasteiger partial charge in [0.05, 0.1) is 23.3 Å². The second kappa shape index (κ2) is 8.65. The van der Waals surface area contributed by atoms with Crippen molar-refractivity contribution in [2.24, 2.45) is 5.92 Å². The molecule has 1 fully saturated rings. The number of benzene rings is 2. The standard InChI is InChI=1S/C26H26FN5O/c1-16(2)14-28-23-13-22(20-5-3-4-6-21(20)27)31-32-24(15-29-25(23)32)17-7-9-18(10-8-17)26(33)30-19-11-12-19/h3-10,13,15-16,19,28H,11-12,14H2,1-2H3,(H,30,33). The summed E-state index contributed by atoms with van der Waals surface area (Å²) in [7, 11) is 0. The fourth-order valence-electron chi connectivity index (χ4n) is 3.70. The average Bonchev–Trinajstić information content (AvgIpc) is 3.53. The van der Waals surface area contributed by atoms with Gasteiger partial charge >= 0.3 is 0 Å². The number of carbonyl (C=O) groups is 1. The Morgan fingerprint density at radius 2 is 1.91 bits per heavy atom. The molecule has 0 aliphatic heterocycles. The minimum Gasteiger partial charge on any atom is -0.382 e. The van der Waals surface area contributed by atoms with E-state index in [1.807, 2.05) is 30.3 Å². The van der Waals surface area contributed by atoms with Crippen LogP contribution in [0.4, 0.5) is 10.1 Å². The molecule has 2 aromatic carbocycles. The second-order valence-electron chi connectivity index (χ2n) is 8.90. The molecule has 0 saturated heterocycles. The van der Waals surface area contributed by atoms with Crippen LogP contribution in [0.2, 0.25) is 0 Å². The highest BCUT2D eigenvalue weighted by Gasteiger charge is 2.24. The molecule has 0 unspecified atom stereocenters. The fourth-order valence-corrected chi connectivity index (χ4v) is 3.70. The van der Waals surface area contributed by atoms with E-state index < -0.39 is 0 Å². The lowest BCUT2D eigenvalue weighted by Crippen LogP contribution is -2.25. The van der Waals surface area contributed by atoms with Crippen molar-refractivity contribution in [2.45, 2.75) is 32.7 Å². The number of carbonyl (C=O) groups excluding carboxylic acids is 1. The summed E-state index contributed by atoms with van der Waals surface area (Å²) in [4.78, 5) is 16.9. The Morgan fingerprint density at radius 3 is 2.61 bits per heavy atom. The lowest BCUT2D eigenvalue weighted by atomic mass is 10.1. The predicted octanol–water partition coefficient (Wildman–Crippen LogP) is 5.16. The number of aromatic nitrogens is 3. The third-order valence-corrected chi connectivity index (χ3v) is 5.67. The lowest BCUT2D eigenvalue weighted by Gasteiger charge is -2.13. The zero-order chi connectivity index (χ0) is 22.9. The lowest BCUT2D eigenvalue weighted by molar-refractivity contribution is 0.0951. The van der Waals surface area contributed by atoms with Crippen LogP contribution in [0.1, 0.15) is 37.0 Å². The summed E-state index contributed by atoms with van der Waals surface area (Å²) < 4.78 is 16.3. The molecular formula is C26H26FN5O. The normalized spacial score (nSPS) is 13.5. The molecule has 2 aromatic heterocycles. The Morgan fingerprint density at radius 1 is 1.15 bits per heavy atom. The number of halogens is 1. The SMILES string of the molecule is CC(C)CNc1cc(-c2ccccc2F)nn2c(-c3ccc(C(=O)NC4CC4)cc3)cnc12. The van der Waals surface area contributed by atoms with Crippen molar-refractivity contribution in [3.63, 3.8) is 0 Å². The smallest absolute Gasteiger partial charge is 0.251 e. The third kappa shape index (κ3) is 4.44. The van der Waals surface area contributed by atoms with E-state index in [4.69, 9.17) is 5.10 Å². The van der Waals surface area contributed by atoms with Crippen LogP contribution in [-0.4, -0.2) is 33.1 Å². The van der Waals surface area contributed by atoms with Crippen LogP contribution < -0.4 is 10.6 Å². The molecule has 4 aromatic rings. The number of amides is 1. The highest BCUT2D eigenvalue weighted by atomic mass is 19.1. The number of hydrogen-bond donors (Lipinski definition) is 2. The van der Waals surface area contributed by atoms with E-state index in [0.29, 0.717) is 34.4 Å². The van der Waals surface area contributed by atoms with Crippen molar-refractivity contribution in [3.05, 3.63) is 72.2 Å². The molecule has 1 saturated carbocycles. The first kappa shape index (κ1) is 21.1. The van der Waals surface area contributed by atoms with Crippen molar-refractivity contribution in [1.29, 1.82) is 0 Å². The van der Waals surface area contributed by atoms with Gasteiger partial charge in [-0.3, -0.25) is 4.79 Å². The van der Waals surface area contributed by atoms with Gasteiger partial charge in [-0.25, -0.2) is 13.9 Å². The number of hydrogen-bond acceptors (Lipinski definition) is 4. The van der Waals surface area contributed by atoms with E-state index in [2.05, 4.69) is 29.5 Å². The summed E-state index contributed by atoms with van der Waals surface area (Å²) in [5.41, 5.74) is 4.68. The summed E-state index contributed by atoms with van der Waals surface area (Å²) in [5, 5.41) is 11.2. The van der Waals surface area contributed by atoms with E-state index in [9.17, 15) is 9.18 Å². The maximum atomic E-state index is 14.6. The van der Waals surface area contributed by atoms with Crippen molar-refractivity contribution >= 4 is 17.2 Å². The monoisotopic (exact) mass is 443 g/mol. The van der Waals surface area contributed by atoms with Crippen LogP contribution in [0.15, 0.2) is 60.8 Å². The molecular weight excluding hydrogens is 417 g/mol. The summed E-state index contributed by atoms with van der Waals surface area (Å²) in [6, 6.07) is 16.2. The Hall–Kier alpha value is -3.74. The van der Waals surface area contributed by atoms with Gasteiger partial charge in [-0.05, 0) is 49.1 Å². The van der Waals surface area contributed by atoms with E-state index in [0.717, 1.165) is 36.3 Å². The quantitative estimate of drug-likeness (QED) is 0.414. The Kier molecular flexibility index (Phi) is 5.54. The molecule has 33 heavy (non-hydrogen) atoms. The predicted molar refractivity (Wildman–Crippen MR) is 128 cm³/mol. The van der Waals surface area contributed by atoms with Crippen molar-refractivity contribution in [1.82, 2.24) is 19.9 Å². The zero-order valence-corrected chi connectivity index (χ0v) is 18.7. The number of rotatable bonds is 7. The molecule has 2 heterocycles. The summed E-state index contributed by atoms with van der Waals surface area (Å²) >= 11 is 0. The average molecular weight is 444 g/mol. The first-order valence-electron chi connectivity index (χ1n) is 11.3. The highest BCUT2D eigenvalue weighted by molar-refractivity contribution is 5.95. The van der Waals surface area contributed by atoms with Crippen molar-refractivity contribution < 1.29 is 9.18 Å². The molecule has 168 valence electrons. The van der Waals surface area contributed by atoms with Gasteiger partial charge in [0.15, 0.2) is 5.65 Å². The zero-order valence-electron chi connectivity index (χ0n) is 18.7. The molecule has 0 bridgehead atoms. The van der Waals surface area contributed by atoms with Crippen LogP contribution in [0, 0.1) is 11.7 Å². The van der Waals surface area contributed by atoms with E-state index in [1.165, 1.54) is 6.07 Å². The number of anilines is 1. The van der Waals surface area contributed by atoms with E-state index in [1.54, 1.807) is 28.9 Å². The van der Waals surface area contributed by atoms with Gasteiger partial charge < -0.3 is 10.6 Å². The van der Waals surface area contributed by atoms with Gasteiger partial charge in [-0.15, -0.1) is 0 Å². The molecule has 1 amide bonds. The number of nitrogens with zero attached hydrogens (tertiary/aromatic N) is 3. The molecule has 1 aliphatic carbocycles. The molecule has 2 N–H and O–H groups in total. The molecule has 7 heteroatoms. The third-order valence-electron chi connectivity index (χ3n) is 5.67. The number of imidazole rings is 1. The van der Waals surface area contributed by atoms with Crippen LogP contribution >= 0.6 is 0 Å². The maximum absolute atomic E-state index is 14.6. The van der Waals surface area contributed by atoms with Crippen LogP contribution in [0.25, 0.3) is 28.2 Å². The maximum Gasteiger partial charge on any atom is 0.251 e. The fraction of sp³-hybridized carbons (Fsp3) is 0.269. The molecule has 0 atom stereocenters. The van der Waals surface area contributed by atoms with Gasteiger partial charge in [0.25, 0.3) is 5.91 Å². The first-order valence-corrected chi connectivity index (χ1v) is 11.3. The molecule has 6 nitrogen and oxygen atoms in total. The molecule has 1 aliphatic rings. The van der Waals surface area contributed by atoms with Crippen LogP contribution in [0.5, 0.6) is 0 Å². The summed E-state index contributed by atoms with van der Waals surface area (Å²) in [5.74, 6) is 0.0491. The molecule has 0 radical (unpaired) electrons. The Balaban J connectivity index is 1.56. The minimum absolute atomic E-state index is 0.0534. The van der Waals surface area contributed by atoms with Crippen LogP contribution in [0.3, 0.4) is 0 Å². The highest BCUT2D eigenvalue weighted by Crippen LogP contribution is 2.29. The number of nitrogens with one attached hydrogen (secondary N) is 2. The number of fused-ring (bicyclic) bond motifs is 1. The largest absolute Gasteiger partial charge is 0.382 e. The van der Waals surface area contributed by atoms with Gasteiger partial charge in [0, 0.05) is 29.3 Å². The van der Waals surface area contributed by atoms with Gasteiger partial charge in [-0.2, -0.15) is 5.10 Å². The van der Waals surface area contributed by atoms with Gasteiger partial charge in [0.2, 0.25) is 0 Å². The van der Waals surface area contributed by atoms with E-state index in [-0.39, 0.29) is 11.7 Å². The molecule has 5 rings (SSSR count). The second-order valence-corrected chi connectivity index (χ2v) is 8.90.